The molecule has 0 bridgehead atoms. The molecule has 0 saturated carbocycles. The van der Waals surface area contributed by atoms with E-state index in [0.29, 0.717) is 24.3 Å². The molecule has 0 spiro atoms. The molecule has 1 atom stereocenters. The second-order valence-corrected chi connectivity index (χ2v) is 8.60. The fraction of sp³-hybridized carbons (Fsp3) is 0.385. The maximum absolute atomic E-state index is 13.5. The molecular weight excluding hydrogens is 406 g/mol. The molecule has 1 N–H and O–H groups in total. The summed E-state index contributed by atoms with van der Waals surface area (Å²) in [5.74, 6) is -0.202. The normalized spacial score (nSPS) is 23.0. The average Bonchev–Trinajstić information content (AvgIpc) is 3.12. The van der Waals surface area contributed by atoms with Gasteiger partial charge in [0.2, 0.25) is 0 Å². The Balaban J connectivity index is 1.77. The number of aromatic nitrogens is 1. The average molecular weight is 434 g/mol. The number of cyclic esters (lactones) is 1. The van der Waals surface area contributed by atoms with Gasteiger partial charge < -0.3 is 19.1 Å². The first-order chi connectivity index (χ1) is 15.4. The Morgan fingerprint density at radius 3 is 2.69 bits per heavy atom. The van der Waals surface area contributed by atoms with Crippen molar-refractivity contribution in [2.24, 2.45) is 0 Å². The van der Waals surface area contributed by atoms with Gasteiger partial charge in [-0.05, 0) is 78.5 Å². The van der Waals surface area contributed by atoms with Crippen molar-refractivity contribution in [1.29, 1.82) is 0 Å². The van der Waals surface area contributed by atoms with Crippen molar-refractivity contribution in [1.82, 2.24) is 4.57 Å². The van der Waals surface area contributed by atoms with Crippen molar-refractivity contribution in [2.75, 3.05) is 6.61 Å². The molecule has 6 heteroatoms. The fourth-order valence-electron chi connectivity index (χ4n) is 5.30. The number of phenolic OH excluding ortho intramolecular Hbond substituents is 1. The SMILES string of the molecule is CCOC1C(=O)OCc2c1cc1n(c2=O)CC2=C1CC/C(C)=c1\ccc(O)c\c1=C\2CC. The van der Waals surface area contributed by atoms with Crippen LogP contribution in [0.25, 0.3) is 16.7 Å². The van der Waals surface area contributed by atoms with Gasteiger partial charge in [0.15, 0.2) is 6.10 Å². The molecule has 6 nitrogen and oxygen atoms in total. The second-order valence-electron chi connectivity index (χ2n) is 8.60. The van der Waals surface area contributed by atoms with Gasteiger partial charge in [-0.2, -0.15) is 0 Å². The van der Waals surface area contributed by atoms with Crippen LogP contribution in [0, 0.1) is 0 Å². The van der Waals surface area contributed by atoms with Crippen LogP contribution in [0.3, 0.4) is 0 Å². The molecule has 1 aromatic heterocycles. The van der Waals surface area contributed by atoms with Crippen LogP contribution in [-0.2, 0) is 27.4 Å². The maximum Gasteiger partial charge on any atom is 0.340 e. The number of hydrogen-bond donors (Lipinski definition) is 1. The second kappa shape index (κ2) is 7.78. The minimum Gasteiger partial charge on any atom is -0.508 e. The molecule has 5 rings (SSSR count). The van der Waals surface area contributed by atoms with E-state index in [-0.39, 0.29) is 17.9 Å². The number of phenols is 1. The van der Waals surface area contributed by atoms with E-state index in [9.17, 15) is 14.7 Å². The topological polar surface area (TPSA) is 77.8 Å². The molecule has 3 aliphatic rings. The van der Waals surface area contributed by atoms with Gasteiger partial charge in [-0.3, -0.25) is 4.79 Å². The van der Waals surface area contributed by atoms with E-state index in [1.807, 2.05) is 29.7 Å². The number of allylic oxidation sites excluding steroid dienone is 2. The summed E-state index contributed by atoms with van der Waals surface area (Å²) < 4.78 is 12.7. The number of rotatable bonds is 3. The summed E-state index contributed by atoms with van der Waals surface area (Å²) >= 11 is 0. The Kier molecular flexibility index (Phi) is 5.05. The lowest BCUT2D eigenvalue weighted by Crippen LogP contribution is -2.34. The number of carbonyl (C=O) groups excluding carboxylic acids is 1. The van der Waals surface area contributed by atoms with E-state index >= 15 is 0 Å². The number of hydrogen-bond acceptors (Lipinski definition) is 5. The Bertz CT molecular complexity index is 1360. The summed E-state index contributed by atoms with van der Waals surface area (Å²) in [5, 5.41) is 12.4. The zero-order valence-corrected chi connectivity index (χ0v) is 18.7. The highest BCUT2D eigenvalue weighted by atomic mass is 16.6. The Morgan fingerprint density at radius 2 is 1.94 bits per heavy atom. The summed E-state index contributed by atoms with van der Waals surface area (Å²) in [6.45, 7) is 6.89. The number of ether oxygens (including phenoxy) is 2. The quantitative estimate of drug-likeness (QED) is 0.753. The first kappa shape index (κ1) is 20.8. The summed E-state index contributed by atoms with van der Waals surface area (Å²) in [6, 6.07) is 7.53. The van der Waals surface area contributed by atoms with Crippen LogP contribution >= 0.6 is 0 Å². The third kappa shape index (κ3) is 3.05. The highest BCUT2D eigenvalue weighted by Crippen LogP contribution is 2.39. The lowest BCUT2D eigenvalue weighted by atomic mass is 9.88. The summed E-state index contributed by atoms with van der Waals surface area (Å²) in [7, 11) is 0. The van der Waals surface area contributed by atoms with Gasteiger partial charge in [0.1, 0.15) is 12.4 Å². The zero-order chi connectivity index (χ0) is 22.6. The molecule has 1 aliphatic carbocycles. The van der Waals surface area contributed by atoms with Gasteiger partial charge in [0, 0.05) is 17.9 Å². The Morgan fingerprint density at radius 1 is 1.12 bits per heavy atom. The van der Waals surface area contributed by atoms with E-state index in [0.717, 1.165) is 52.1 Å². The molecule has 2 aliphatic heterocycles. The number of carbonyl (C=O) groups is 1. The van der Waals surface area contributed by atoms with Gasteiger partial charge in [0.25, 0.3) is 5.56 Å². The van der Waals surface area contributed by atoms with Crippen LogP contribution in [0.4, 0.5) is 0 Å². The van der Waals surface area contributed by atoms with Crippen LogP contribution < -0.4 is 16.0 Å². The number of benzene rings is 1. The van der Waals surface area contributed by atoms with E-state index in [4.69, 9.17) is 9.47 Å². The number of nitrogens with zero attached hydrogens (tertiary/aromatic N) is 1. The molecular formula is C26H27NO5. The third-order valence-corrected chi connectivity index (χ3v) is 6.87. The maximum atomic E-state index is 13.5. The fourth-order valence-corrected chi connectivity index (χ4v) is 5.30. The van der Waals surface area contributed by atoms with Crippen LogP contribution in [0.15, 0.2) is 34.6 Å². The highest BCUT2D eigenvalue weighted by Gasteiger charge is 2.36. The van der Waals surface area contributed by atoms with E-state index < -0.39 is 12.1 Å². The van der Waals surface area contributed by atoms with Crippen LogP contribution in [0.2, 0.25) is 0 Å². The van der Waals surface area contributed by atoms with Crippen molar-refractivity contribution >= 4 is 22.7 Å². The summed E-state index contributed by atoms with van der Waals surface area (Å²) in [5.41, 5.74) is 6.58. The summed E-state index contributed by atoms with van der Waals surface area (Å²) in [6.07, 6.45) is 1.60. The van der Waals surface area contributed by atoms with Gasteiger partial charge >= 0.3 is 5.97 Å². The van der Waals surface area contributed by atoms with Crippen molar-refractivity contribution in [3.05, 3.63) is 67.5 Å². The molecule has 0 saturated heterocycles. The molecule has 166 valence electrons. The van der Waals surface area contributed by atoms with Crippen LogP contribution in [0.1, 0.15) is 63.0 Å². The molecule has 3 heterocycles. The van der Waals surface area contributed by atoms with Crippen molar-refractivity contribution < 1.29 is 19.4 Å². The molecule has 1 aromatic carbocycles. The van der Waals surface area contributed by atoms with E-state index in [1.165, 1.54) is 5.57 Å². The molecule has 32 heavy (non-hydrogen) atoms. The Labute approximate surface area is 186 Å². The smallest absolute Gasteiger partial charge is 0.340 e. The van der Waals surface area contributed by atoms with Crippen LogP contribution in [-0.4, -0.2) is 22.2 Å². The minimum atomic E-state index is -0.860. The number of aromatic hydroxyl groups is 1. The lowest BCUT2D eigenvalue weighted by Gasteiger charge is -2.25. The zero-order valence-electron chi connectivity index (χ0n) is 18.7. The largest absolute Gasteiger partial charge is 0.508 e. The standard InChI is InChI=1S/C26H27NO5/c1-4-16-19-10-15(28)7-9-17(19)14(3)6-8-18-21(16)12-27-23(18)11-20-22(25(27)29)13-32-26(30)24(20)31-5-2/h7,9-11,24,28H,4-6,8,12-13H2,1-3H3/b17-14+,19-16-. The first-order valence-electron chi connectivity index (χ1n) is 11.2. The van der Waals surface area contributed by atoms with Crippen molar-refractivity contribution in [3.8, 4) is 5.75 Å². The van der Waals surface area contributed by atoms with E-state index in [2.05, 4.69) is 13.8 Å². The minimum absolute atomic E-state index is 0.0184. The first-order valence-corrected chi connectivity index (χ1v) is 11.2. The van der Waals surface area contributed by atoms with Crippen molar-refractivity contribution in [2.45, 2.75) is 59.3 Å². The molecule has 0 amide bonds. The third-order valence-electron chi connectivity index (χ3n) is 6.87. The van der Waals surface area contributed by atoms with E-state index in [1.54, 1.807) is 6.07 Å². The van der Waals surface area contributed by atoms with Crippen molar-refractivity contribution in [3.63, 3.8) is 0 Å². The van der Waals surface area contributed by atoms with Gasteiger partial charge in [0.05, 0.1) is 12.1 Å². The summed E-state index contributed by atoms with van der Waals surface area (Å²) in [4.78, 5) is 25.8. The molecule has 2 aromatic rings. The number of pyridine rings is 1. The number of fused-ring (bicyclic) bond motifs is 4. The molecule has 0 radical (unpaired) electrons. The highest BCUT2D eigenvalue weighted by molar-refractivity contribution is 5.86. The van der Waals surface area contributed by atoms with Gasteiger partial charge in [-0.15, -0.1) is 0 Å². The van der Waals surface area contributed by atoms with Crippen LogP contribution in [0.5, 0.6) is 5.75 Å². The predicted molar refractivity (Wildman–Crippen MR) is 121 cm³/mol. The number of esters is 1. The lowest BCUT2D eigenvalue weighted by molar-refractivity contribution is -0.161. The Hall–Kier alpha value is -3.12. The van der Waals surface area contributed by atoms with Gasteiger partial charge in [-0.1, -0.05) is 18.6 Å². The van der Waals surface area contributed by atoms with Gasteiger partial charge in [-0.25, -0.2) is 4.79 Å². The monoisotopic (exact) mass is 433 g/mol. The molecule has 1 unspecified atom stereocenters. The predicted octanol–water partition coefficient (Wildman–Crippen LogP) is 2.68. The molecule has 0 fully saturated rings.